The molecule has 21 heavy (non-hydrogen) atoms. The van der Waals surface area contributed by atoms with Crippen molar-refractivity contribution in [3.8, 4) is 11.6 Å². The summed E-state index contributed by atoms with van der Waals surface area (Å²) in [5, 5.41) is 0.951. The number of nitrogen functional groups attached to an aromatic ring is 1. The van der Waals surface area contributed by atoms with E-state index in [1.165, 1.54) is 0 Å². The zero-order chi connectivity index (χ0) is 15.1. The summed E-state index contributed by atoms with van der Waals surface area (Å²) in [4.78, 5) is 8.77. The van der Waals surface area contributed by atoms with Crippen LogP contribution >= 0.6 is 39.1 Å². The van der Waals surface area contributed by atoms with Crippen LogP contribution in [0.1, 0.15) is 30.1 Å². The highest BCUT2D eigenvalue weighted by atomic mass is 79.9. The number of aromatic nitrogens is 2. The first-order chi connectivity index (χ1) is 9.95. The maximum absolute atomic E-state index is 6.17. The van der Waals surface area contributed by atoms with E-state index < -0.39 is 0 Å². The van der Waals surface area contributed by atoms with E-state index >= 15 is 0 Å². The molecule has 1 fully saturated rings. The molecule has 0 atom stereocenters. The molecule has 2 N–H and O–H groups in total. The SMILES string of the molecule is Cc1c(N)nc(C2CC2)nc1Oc1cc(Cl)c(Br)cc1Cl. The van der Waals surface area contributed by atoms with Gasteiger partial charge in [-0.25, -0.2) is 4.98 Å². The van der Waals surface area contributed by atoms with Crippen molar-refractivity contribution in [1.82, 2.24) is 9.97 Å². The Bertz CT molecular complexity index is 720. The largest absolute Gasteiger partial charge is 0.437 e. The molecule has 0 radical (unpaired) electrons. The van der Waals surface area contributed by atoms with Crippen LogP contribution in [0.4, 0.5) is 5.82 Å². The lowest BCUT2D eigenvalue weighted by Gasteiger charge is -2.12. The predicted molar refractivity (Wildman–Crippen MR) is 87.4 cm³/mol. The van der Waals surface area contributed by atoms with Crippen molar-refractivity contribution >= 4 is 44.9 Å². The van der Waals surface area contributed by atoms with E-state index in [1.807, 2.05) is 6.92 Å². The molecule has 1 saturated carbocycles. The number of nitrogens with two attached hydrogens (primary N) is 1. The number of halogens is 3. The minimum Gasteiger partial charge on any atom is -0.437 e. The fourth-order valence-corrected chi connectivity index (χ4v) is 2.67. The van der Waals surface area contributed by atoms with E-state index in [0.717, 1.165) is 18.7 Å². The summed E-state index contributed by atoms with van der Waals surface area (Å²) in [7, 11) is 0. The van der Waals surface area contributed by atoms with Crippen LogP contribution in [0, 0.1) is 6.92 Å². The summed E-state index contributed by atoms with van der Waals surface area (Å²) in [6.45, 7) is 1.82. The minimum atomic E-state index is 0.388. The number of hydrogen-bond donors (Lipinski definition) is 1. The Balaban J connectivity index is 1.99. The zero-order valence-electron chi connectivity index (χ0n) is 11.2. The summed E-state index contributed by atoms with van der Waals surface area (Å²) < 4.78 is 6.51. The second kappa shape index (κ2) is 5.63. The van der Waals surface area contributed by atoms with Crippen LogP contribution in [0.2, 0.25) is 10.0 Å². The van der Waals surface area contributed by atoms with E-state index in [1.54, 1.807) is 12.1 Å². The number of ether oxygens (including phenoxy) is 1. The molecule has 1 heterocycles. The van der Waals surface area contributed by atoms with Crippen molar-refractivity contribution in [2.45, 2.75) is 25.7 Å². The lowest BCUT2D eigenvalue weighted by atomic mass is 10.3. The molecule has 3 rings (SSSR count). The first-order valence-corrected chi connectivity index (χ1v) is 7.97. The molecule has 1 aromatic carbocycles. The Morgan fingerprint density at radius 1 is 1.24 bits per heavy atom. The van der Waals surface area contributed by atoms with E-state index in [9.17, 15) is 0 Å². The topological polar surface area (TPSA) is 61.0 Å². The van der Waals surface area contributed by atoms with Crippen molar-refractivity contribution in [1.29, 1.82) is 0 Å². The van der Waals surface area contributed by atoms with Gasteiger partial charge in [-0.05, 0) is 41.8 Å². The summed E-state index contributed by atoms with van der Waals surface area (Å²) in [5.74, 6) is 2.41. The molecule has 0 unspecified atom stereocenters. The van der Waals surface area contributed by atoms with Crippen molar-refractivity contribution in [3.63, 3.8) is 0 Å². The van der Waals surface area contributed by atoms with Crippen LogP contribution in [0.15, 0.2) is 16.6 Å². The number of benzene rings is 1. The van der Waals surface area contributed by atoms with Crippen LogP contribution < -0.4 is 10.5 Å². The van der Waals surface area contributed by atoms with Gasteiger partial charge in [0.05, 0.1) is 15.6 Å². The molecule has 0 bridgehead atoms. The highest BCUT2D eigenvalue weighted by Gasteiger charge is 2.28. The Hall–Kier alpha value is -1.04. The molecule has 1 aromatic heterocycles. The fraction of sp³-hybridized carbons (Fsp3) is 0.286. The molecule has 0 aliphatic heterocycles. The van der Waals surface area contributed by atoms with Gasteiger partial charge in [0.15, 0.2) is 0 Å². The molecular formula is C14H12BrCl2N3O. The van der Waals surface area contributed by atoms with E-state index in [-0.39, 0.29) is 0 Å². The van der Waals surface area contributed by atoms with Crippen LogP contribution in [0.3, 0.4) is 0 Å². The average molecular weight is 389 g/mol. The van der Waals surface area contributed by atoms with Crippen molar-refractivity contribution < 1.29 is 4.74 Å². The lowest BCUT2D eigenvalue weighted by molar-refractivity contribution is 0.455. The molecule has 2 aromatic rings. The monoisotopic (exact) mass is 387 g/mol. The third-order valence-corrected chi connectivity index (χ3v) is 4.77. The van der Waals surface area contributed by atoms with Crippen LogP contribution in [-0.2, 0) is 0 Å². The molecule has 4 nitrogen and oxygen atoms in total. The van der Waals surface area contributed by atoms with Gasteiger partial charge < -0.3 is 10.5 Å². The van der Waals surface area contributed by atoms with E-state index in [4.69, 9.17) is 33.7 Å². The molecule has 0 saturated heterocycles. The Labute approximate surface area is 140 Å². The highest BCUT2D eigenvalue weighted by molar-refractivity contribution is 9.10. The summed E-state index contributed by atoms with van der Waals surface area (Å²) in [6.07, 6.45) is 2.18. The lowest BCUT2D eigenvalue weighted by Crippen LogP contribution is -2.04. The quantitative estimate of drug-likeness (QED) is 0.742. The normalized spacial score (nSPS) is 14.3. The maximum atomic E-state index is 6.17. The summed E-state index contributed by atoms with van der Waals surface area (Å²) in [6, 6.07) is 3.32. The van der Waals surface area contributed by atoms with Gasteiger partial charge in [-0.15, -0.1) is 0 Å². The predicted octanol–water partition coefficient (Wildman–Crippen LogP) is 5.11. The van der Waals surface area contributed by atoms with Gasteiger partial charge in [0.1, 0.15) is 17.4 Å². The molecule has 1 aliphatic carbocycles. The van der Waals surface area contributed by atoms with Crippen LogP contribution in [0.25, 0.3) is 0 Å². The van der Waals surface area contributed by atoms with Gasteiger partial charge in [0.25, 0.3) is 0 Å². The third-order valence-electron chi connectivity index (χ3n) is 3.28. The second-order valence-corrected chi connectivity index (χ2v) is 6.64. The van der Waals surface area contributed by atoms with Gasteiger partial charge in [0.2, 0.25) is 5.88 Å². The molecule has 0 spiro atoms. The fourth-order valence-electron chi connectivity index (χ4n) is 1.84. The van der Waals surface area contributed by atoms with Gasteiger partial charge in [-0.3, -0.25) is 0 Å². The first-order valence-electron chi connectivity index (χ1n) is 6.42. The van der Waals surface area contributed by atoms with Crippen LogP contribution in [-0.4, -0.2) is 9.97 Å². The molecule has 0 amide bonds. The van der Waals surface area contributed by atoms with E-state index in [2.05, 4.69) is 25.9 Å². The number of anilines is 1. The Morgan fingerprint density at radius 2 is 1.95 bits per heavy atom. The smallest absolute Gasteiger partial charge is 0.227 e. The molecule has 7 heteroatoms. The number of hydrogen-bond acceptors (Lipinski definition) is 4. The molecule has 110 valence electrons. The minimum absolute atomic E-state index is 0.388. The standard InChI is InChI=1S/C14H12BrCl2N3O/c1-6-12(18)19-13(7-2-3-7)20-14(6)21-11-5-9(16)8(15)4-10(11)17/h4-5,7H,2-3H2,1H3,(H2,18,19,20). The van der Waals surface area contributed by atoms with Crippen molar-refractivity contribution in [2.24, 2.45) is 0 Å². The van der Waals surface area contributed by atoms with Crippen LogP contribution in [0.5, 0.6) is 11.6 Å². The number of rotatable bonds is 3. The zero-order valence-corrected chi connectivity index (χ0v) is 14.3. The Morgan fingerprint density at radius 3 is 2.62 bits per heavy atom. The molecular weight excluding hydrogens is 377 g/mol. The maximum Gasteiger partial charge on any atom is 0.227 e. The second-order valence-electron chi connectivity index (χ2n) is 4.97. The van der Waals surface area contributed by atoms with E-state index in [0.29, 0.717) is 43.4 Å². The summed E-state index contributed by atoms with van der Waals surface area (Å²) >= 11 is 15.6. The van der Waals surface area contributed by atoms with Crippen molar-refractivity contribution in [2.75, 3.05) is 5.73 Å². The Kier molecular flexibility index (Phi) is 3.99. The number of nitrogens with zero attached hydrogens (tertiary/aromatic N) is 2. The summed E-state index contributed by atoms with van der Waals surface area (Å²) in [5.41, 5.74) is 6.62. The van der Waals surface area contributed by atoms with Gasteiger partial charge in [-0.2, -0.15) is 4.98 Å². The van der Waals surface area contributed by atoms with Crippen molar-refractivity contribution in [3.05, 3.63) is 38.0 Å². The average Bonchev–Trinajstić information content (AvgIpc) is 3.25. The van der Waals surface area contributed by atoms with Gasteiger partial charge >= 0.3 is 0 Å². The third kappa shape index (κ3) is 3.10. The first kappa shape index (κ1) is 14.9. The highest BCUT2D eigenvalue weighted by Crippen LogP contribution is 2.41. The van der Waals surface area contributed by atoms with Gasteiger partial charge in [0, 0.05) is 16.5 Å². The molecule has 1 aliphatic rings. The van der Waals surface area contributed by atoms with Gasteiger partial charge in [-0.1, -0.05) is 23.2 Å².